The monoisotopic (exact) mass is 535 g/mol. The number of nitrogens with zero attached hydrogens (tertiary/aromatic N) is 3. The van der Waals surface area contributed by atoms with Gasteiger partial charge in [-0.05, 0) is 46.5 Å². The molecule has 174 valence electrons. The van der Waals surface area contributed by atoms with Crippen molar-refractivity contribution in [1.29, 1.82) is 0 Å². The van der Waals surface area contributed by atoms with Crippen molar-refractivity contribution in [3.05, 3.63) is 17.5 Å². The third-order valence-electron chi connectivity index (χ3n) is 5.51. The molecule has 0 unspecified atom stereocenters. The average molecular weight is 536 g/mol. The van der Waals surface area contributed by atoms with Crippen LogP contribution in [0.25, 0.3) is 0 Å². The van der Waals surface area contributed by atoms with Crippen molar-refractivity contribution in [3.63, 3.8) is 0 Å². The molecule has 0 amide bonds. The highest BCUT2D eigenvalue weighted by atomic mass is 127. The zero-order valence-corrected chi connectivity index (χ0v) is 21.8. The third-order valence-corrected chi connectivity index (χ3v) is 5.51. The predicted octanol–water partition coefficient (Wildman–Crippen LogP) is 4.14. The first-order chi connectivity index (χ1) is 14.0. The standard InChI is InChI=1S/C22H41N5O2.HI/c1-6-18(7-2)21-15-20(29-26-21)16-24-22(23-8-3)25-19-9-11-27(12-10-19)13-14-28-17(4)5;/h15,17-19H,6-14,16H2,1-5H3,(H2,23,24,25);1H. The summed E-state index contributed by atoms with van der Waals surface area (Å²) < 4.78 is 11.2. The van der Waals surface area contributed by atoms with Crippen LogP contribution in [0, 0.1) is 0 Å². The van der Waals surface area contributed by atoms with Gasteiger partial charge in [0.25, 0.3) is 0 Å². The molecule has 0 spiro atoms. The van der Waals surface area contributed by atoms with Gasteiger partial charge in [0.15, 0.2) is 11.7 Å². The SMILES string of the molecule is CCNC(=NCc1cc(C(CC)CC)no1)NC1CCN(CCOC(C)C)CC1.I. The summed E-state index contributed by atoms with van der Waals surface area (Å²) in [4.78, 5) is 7.20. The van der Waals surface area contributed by atoms with Gasteiger partial charge >= 0.3 is 0 Å². The van der Waals surface area contributed by atoms with E-state index >= 15 is 0 Å². The first-order valence-electron chi connectivity index (χ1n) is 11.4. The van der Waals surface area contributed by atoms with E-state index in [0.717, 1.165) is 75.9 Å². The van der Waals surface area contributed by atoms with Crippen molar-refractivity contribution >= 4 is 29.9 Å². The molecule has 1 fully saturated rings. The molecule has 1 aliphatic rings. The molecule has 1 aromatic rings. The summed E-state index contributed by atoms with van der Waals surface area (Å²) >= 11 is 0. The molecule has 0 atom stereocenters. The molecule has 0 aromatic carbocycles. The Balaban J connectivity index is 0.00000450. The van der Waals surface area contributed by atoms with E-state index in [-0.39, 0.29) is 24.0 Å². The third kappa shape index (κ3) is 9.51. The molecule has 0 radical (unpaired) electrons. The van der Waals surface area contributed by atoms with Crippen molar-refractivity contribution in [2.24, 2.45) is 4.99 Å². The lowest BCUT2D eigenvalue weighted by molar-refractivity contribution is 0.0532. The molecule has 1 saturated heterocycles. The van der Waals surface area contributed by atoms with Gasteiger partial charge in [0, 0.05) is 44.2 Å². The number of guanidine groups is 1. The van der Waals surface area contributed by atoms with Crippen molar-refractivity contribution in [1.82, 2.24) is 20.7 Å². The molecular formula is C22H42IN5O2. The molecule has 0 bridgehead atoms. The number of rotatable bonds is 11. The second kappa shape index (κ2) is 15.0. The lowest BCUT2D eigenvalue weighted by atomic mass is 9.99. The summed E-state index contributed by atoms with van der Waals surface area (Å²) in [6.45, 7) is 16.0. The maximum absolute atomic E-state index is 5.67. The van der Waals surface area contributed by atoms with Crippen LogP contribution in [0.1, 0.15) is 77.7 Å². The lowest BCUT2D eigenvalue weighted by Gasteiger charge is -2.33. The van der Waals surface area contributed by atoms with Crippen LogP contribution in [0.3, 0.4) is 0 Å². The van der Waals surface area contributed by atoms with Crippen molar-refractivity contribution < 1.29 is 9.26 Å². The van der Waals surface area contributed by atoms with Gasteiger partial charge < -0.3 is 24.8 Å². The van der Waals surface area contributed by atoms with Gasteiger partial charge in [-0.25, -0.2) is 4.99 Å². The summed E-state index contributed by atoms with van der Waals surface area (Å²) in [5, 5.41) is 11.2. The summed E-state index contributed by atoms with van der Waals surface area (Å²) in [6, 6.07) is 2.51. The fourth-order valence-electron chi connectivity index (χ4n) is 3.69. The Kier molecular flexibility index (Phi) is 13.6. The molecule has 0 saturated carbocycles. The van der Waals surface area contributed by atoms with Crippen LogP contribution >= 0.6 is 24.0 Å². The second-order valence-corrected chi connectivity index (χ2v) is 8.11. The minimum Gasteiger partial charge on any atom is -0.377 e. The van der Waals surface area contributed by atoms with Gasteiger partial charge in [0.2, 0.25) is 0 Å². The molecule has 1 aromatic heterocycles. The topological polar surface area (TPSA) is 74.9 Å². The highest BCUT2D eigenvalue weighted by Gasteiger charge is 2.20. The first-order valence-corrected chi connectivity index (χ1v) is 11.4. The van der Waals surface area contributed by atoms with Gasteiger partial charge in [0.05, 0.1) is 18.4 Å². The van der Waals surface area contributed by atoms with Gasteiger partial charge in [-0.15, -0.1) is 24.0 Å². The minimum atomic E-state index is 0. The van der Waals surface area contributed by atoms with Crippen LogP contribution in [-0.2, 0) is 11.3 Å². The number of halogens is 1. The van der Waals surface area contributed by atoms with E-state index < -0.39 is 0 Å². The van der Waals surface area contributed by atoms with E-state index in [2.05, 4.69) is 61.4 Å². The molecule has 2 N–H and O–H groups in total. The summed E-state index contributed by atoms with van der Waals surface area (Å²) in [7, 11) is 0. The van der Waals surface area contributed by atoms with E-state index in [0.29, 0.717) is 24.6 Å². The molecule has 0 aliphatic carbocycles. The van der Waals surface area contributed by atoms with Crippen LogP contribution in [0.5, 0.6) is 0 Å². The highest BCUT2D eigenvalue weighted by molar-refractivity contribution is 14.0. The molecule has 2 heterocycles. The van der Waals surface area contributed by atoms with Crippen molar-refractivity contribution in [3.8, 4) is 0 Å². The molecule has 1 aliphatic heterocycles. The number of ether oxygens (including phenoxy) is 1. The normalized spacial score (nSPS) is 16.2. The Hall–Kier alpha value is -0.870. The number of hydrogen-bond acceptors (Lipinski definition) is 5. The van der Waals surface area contributed by atoms with Crippen molar-refractivity contribution in [2.75, 3.05) is 32.8 Å². The van der Waals surface area contributed by atoms with E-state index in [1.54, 1.807) is 0 Å². The Labute approximate surface area is 199 Å². The van der Waals surface area contributed by atoms with E-state index in [9.17, 15) is 0 Å². The Bertz CT molecular complexity index is 596. The van der Waals surface area contributed by atoms with Crippen LogP contribution in [0.4, 0.5) is 0 Å². The predicted molar refractivity (Wildman–Crippen MR) is 134 cm³/mol. The maximum atomic E-state index is 5.67. The fourth-order valence-corrected chi connectivity index (χ4v) is 3.69. The van der Waals surface area contributed by atoms with Gasteiger partial charge in [-0.3, -0.25) is 0 Å². The molecule has 30 heavy (non-hydrogen) atoms. The Morgan fingerprint density at radius 1 is 1.27 bits per heavy atom. The minimum absolute atomic E-state index is 0. The number of piperidine rings is 1. The average Bonchev–Trinajstić information content (AvgIpc) is 3.17. The highest BCUT2D eigenvalue weighted by Crippen LogP contribution is 2.22. The molecule has 7 nitrogen and oxygen atoms in total. The quantitative estimate of drug-likeness (QED) is 0.252. The molecular weight excluding hydrogens is 493 g/mol. The van der Waals surface area contributed by atoms with Crippen LogP contribution in [0.2, 0.25) is 0 Å². The molecule has 2 rings (SSSR count). The summed E-state index contributed by atoms with van der Waals surface area (Å²) in [6.07, 6.45) is 4.71. The Morgan fingerprint density at radius 2 is 1.97 bits per heavy atom. The summed E-state index contributed by atoms with van der Waals surface area (Å²) in [5.74, 6) is 2.15. The van der Waals surface area contributed by atoms with Gasteiger partial charge in [-0.1, -0.05) is 19.0 Å². The largest absolute Gasteiger partial charge is 0.377 e. The number of hydrogen-bond donors (Lipinski definition) is 2. The van der Waals surface area contributed by atoms with E-state index in [4.69, 9.17) is 14.3 Å². The van der Waals surface area contributed by atoms with E-state index in [1.165, 1.54) is 0 Å². The van der Waals surface area contributed by atoms with E-state index in [1.807, 2.05) is 0 Å². The van der Waals surface area contributed by atoms with Crippen LogP contribution in [-0.4, -0.2) is 60.9 Å². The fraction of sp³-hybridized carbons (Fsp3) is 0.818. The van der Waals surface area contributed by atoms with Crippen LogP contribution < -0.4 is 10.6 Å². The second-order valence-electron chi connectivity index (χ2n) is 8.11. The number of aliphatic imine (C=N–C) groups is 1. The lowest BCUT2D eigenvalue weighted by Crippen LogP contribution is -2.49. The Morgan fingerprint density at radius 3 is 2.57 bits per heavy atom. The summed E-state index contributed by atoms with van der Waals surface area (Å²) in [5.41, 5.74) is 1.05. The maximum Gasteiger partial charge on any atom is 0.191 e. The zero-order chi connectivity index (χ0) is 21.1. The van der Waals surface area contributed by atoms with Crippen molar-refractivity contribution in [2.45, 2.75) is 84.9 Å². The smallest absolute Gasteiger partial charge is 0.191 e. The number of nitrogens with one attached hydrogen (secondary N) is 2. The van der Waals surface area contributed by atoms with Crippen LogP contribution in [0.15, 0.2) is 15.6 Å². The van der Waals surface area contributed by atoms with Gasteiger partial charge in [0.1, 0.15) is 6.54 Å². The number of aromatic nitrogens is 1. The number of likely N-dealkylation sites (tertiary alicyclic amines) is 1. The van der Waals surface area contributed by atoms with Gasteiger partial charge in [-0.2, -0.15) is 0 Å². The first kappa shape index (κ1) is 27.2. The molecule has 8 heteroatoms. The zero-order valence-electron chi connectivity index (χ0n) is 19.4.